The molecule has 0 bridgehead atoms. The van der Waals surface area contributed by atoms with Crippen molar-refractivity contribution in [3.8, 4) is 17.8 Å². The minimum atomic E-state index is 0.799. The van der Waals surface area contributed by atoms with E-state index in [9.17, 15) is 0 Å². The number of hydrogen-bond acceptors (Lipinski definition) is 1. The van der Waals surface area contributed by atoms with E-state index in [1.807, 2.05) is 37.3 Å². The molecule has 0 amide bonds. The molecule has 0 radical (unpaired) electrons. The van der Waals surface area contributed by atoms with E-state index < -0.39 is 0 Å². The zero-order valence-corrected chi connectivity index (χ0v) is 6.50. The maximum atomic E-state index is 5.09. The summed E-state index contributed by atoms with van der Waals surface area (Å²) in [7, 11) is 0. The lowest BCUT2D eigenvalue weighted by Crippen LogP contribution is -1.80. The molecule has 0 aliphatic rings. The van der Waals surface area contributed by atoms with Gasteiger partial charge in [0.05, 0.1) is 0 Å². The molecule has 0 saturated heterocycles. The normalized spacial score (nSPS) is 8.09. The molecule has 0 unspecified atom stereocenters. The first-order valence-electron chi connectivity index (χ1n) is 3.63. The van der Waals surface area contributed by atoms with Crippen molar-refractivity contribution in [1.29, 1.82) is 0 Å². The summed E-state index contributed by atoms with van der Waals surface area (Å²) in [4.78, 5) is 0. The summed E-state index contributed by atoms with van der Waals surface area (Å²) in [6, 6.07) is 9.54. The highest BCUT2D eigenvalue weighted by molar-refractivity contribution is 5.22. The van der Waals surface area contributed by atoms with Crippen LogP contribution in [-0.2, 0) is 0 Å². The summed E-state index contributed by atoms with van der Waals surface area (Å²) >= 11 is 0. The average Bonchev–Trinajstić information content (AvgIpc) is 2.07. The van der Waals surface area contributed by atoms with Crippen LogP contribution in [0.1, 0.15) is 13.3 Å². The molecule has 1 aromatic rings. The van der Waals surface area contributed by atoms with Crippen LogP contribution in [0.2, 0.25) is 0 Å². The molecule has 0 fully saturated rings. The molecule has 1 nitrogen and oxygen atoms in total. The number of para-hydroxylation sites is 1. The fraction of sp³-hybridized carbons (Fsp3) is 0.200. The molecule has 0 N–H and O–H groups in total. The van der Waals surface area contributed by atoms with E-state index in [-0.39, 0.29) is 0 Å². The van der Waals surface area contributed by atoms with Gasteiger partial charge in [-0.25, -0.2) is 0 Å². The predicted octanol–water partition coefficient (Wildman–Crippen LogP) is 2.44. The van der Waals surface area contributed by atoms with Gasteiger partial charge >= 0.3 is 0 Å². The van der Waals surface area contributed by atoms with Crippen molar-refractivity contribution < 1.29 is 4.74 Å². The highest BCUT2D eigenvalue weighted by Crippen LogP contribution is 2.06. The van der Waals surface area contributed by atoms with Gasteiger partial charge in [-0.15, -0.1) is 0 Å². The lowest BCUT2D eigenvalue weighted by molar-refractivity contribution is 0.519. The van der Waals surface area contributed by atoms with Crippen molar-refractivity contribution in [2.75, 3.05) is 0 Å². The molecular weight excluding hydrogens is 136 g/mol. The summed E-state index contributed by atoms with van der Waals surface area (Å²) in [5.41, 5.74) is 0. The van der Waals surface area contributed by atoms with Gasteiger partial charge in [0.2, 0.25) is 0 Å². The smallest absolute Gasteiger partial charge is 0.140 e. The van der Waals surface area contributed by atoms with Crippen molar-refractivity contribution in [2.24, 2.45) is 0 Å². The summed E-state index contributed by atoms with van der Waals surface area (Å²) in [6.45, 7) is 1.99. The van der Waals surface area contributed by atoms with Crippen LogP contribution in [0.15, 0.2) is 30.3 Å². The van der Waals surface area contributed by atoms with Gasteiger partial charge in [-0.1, -0.05) is 31.0 Å². The molecule has 0 aliphatic heterocycles. The first-order valence-corrected chi connectivity index (χ1v) is 3.63. The van der Waals surface area contributed by atoms with Crippen LogP contribution in [-0.4, -0.2) is 0 Å². The molecule has 1 rings (SSSR count). The van der Waals surface area contributed by atoms with E-state index in [1.54, 1.807) is 0 Å². The van der Waals surface area contributed by atoms with Crippen LogP contribution in [0.4, 0.5) is 0 Å². The Balaban J connectivity index is 2.52. The second kappa shape index (κ2) is 4.40. The number of hydrogen-bond donors (Lipinski definition) is 0. The Morgan fingerprint density at radius 2 is 2.00 bits per heavy atom. The van der Waals surface area contributed by atoms with E-state index in [0.29, 0.717) is 0 Å². The molecule has 1 aromatic carbocycles. The van der Waals surface area contributed by atoms with Crippen molar-refractivity contribution in [3.63, 3.8) is 0 Å². The molecule has 0 spiro atoms. The molecular formula is C10H10O. The van der Waals surface area contributed by atoms with Gasteiger partial charge in [-0.2, -0.15) is 0 Å². The van der Waals surface area contributed by atoms with Crippen LogP contribution in [0.25, 0.3) is 0 Å². The maximum absolute atomic E-state index is 5.09. The van der Waals surface area contributed by atoms with Crippen molar-refractivity contribution >= 4 is 0 Å². The van der Waals surface area contributed by atoms with E-state index in [0.717, 1.165) is 12.2 Å². The van der Waals surface area contributed by atoms with Gasteiger partial charge in [0.1, 0.15) is 11.9 Å². The summed E-state index contributed by atoms with van der Waals surface area (Å²) in [5, 5.41) is 0. The van der Waals surface area contributed by atoms with E-state index in [2.05, 4.69) is 12.0 Å². The third-order valence-corrected chi connectivity index (χ3v) is 1.16. The third kappa shape index (κ3) is 2.77. The maximum Gasteiger partial charge on any atom is 0.140 e. The monoisotopic (exact) mass is 146 g/mol. The zero-order chi connectivity index (χ0) is 7.94. The van der Waals surface area contributed by atoms with Crippen LogP contribution in [0.5, 0.6) is 5.75 Å². The van der Waals surface area contributed by atoms with Crippen molar-refractivity contribution in [1.82, 2.24) is 0 Å². The highest BCUT2D eigenvalue weighted by atomic mass is 16.5. The van der Waals surface area contributed by atoms with Crippen LogP contribution in [0, 0.1) is 12.0 Å². The topological polar surface area (TPSA) is 9.23 Å². The van der Waals surface area contributed by atoms with E-state index in [4.69, 9.17) is 4.74 Å². The summed E-state index contributed by atoms with van der Waals surface area (Å²) in [5.74, 6) is 3.62. The van der Waals surface area contributed by atoms with Gasteiger partial charge in [0.25, 0.3) is 0 Å². The molecule has 11 heavy (non-hydrogen) atoms. The third-order valence-electron chi connectivity index (χ3n) is 1.16. The largest absolute Gasteiger partial charge is 0.408 e. The van der Waals surface area contributed by atoms with Gasteiger partial charge in [-0.05, 0) is 12.1 Å². The number of ether oxygens (including phenoxy) is 1. The van der Waals surface area contributed by atoms with Gasteiger partial charge in [0, 0.05) is 6.42 Å². The van der Waals surface area contributed by atoms with Crippen molar-refractivity contribution in [3.05, 3.63) is 30.3 Å². The SMILES string of the molecule is CCC#COc1ccccc1. The fourth-order valence-electron chi connectivity index (χ4n) is 0.656. The van der Waals surface area contributed by atoms with E-state index in [1.165, 1.54) is 0 Å². The number of benzene rings is 1. The second-order valence-corrected chi connectivity index (χ2v) is 2.05. The molecule has 0 aliphatic carbocycles. The lowest BCUT2D eigenvalue weighted by Gasteiger charge is -1.92. The first-order chi connectivity index (χ1) is 5.43. The quantitative estimate of drug-likeness (QED) is 0.553. The van der Waals surface area contributed by atoms with Crippen LogP contribution < -0.4 is 4.74 Å². The predicted molar refractivity (Wildman–Crippen MR) is 45.1 cm³/mol. The highest BCUT2D eigenvalue weighted by Gasteiger charge is 1.84. The van der Waals surface area contributed by atoms with Crippen LogP contribution >= 0.6 is 0 Å². The zero-order valence-electron chi connectivity index (χ0n) is 6.50. The standard InChI is InChI=1S/C10H10O/c1-2-3-9-11-10-7-5-4-6-8-10/h4-8H,2H2,1H3. The molecule has 0 atom stereocenters. The molecule has 0 saturated carbocycles. The Kier molecular flexibility index (Phi) is 3.08. The Morgan fingerprint density at radius 1 is 1.27 bits per heavy atom. The molecule has 0 heterocycles. The Hall–Kier alpha value is -1.42. The Morgan fingerprint density at radius 3 is 2.64 bits per heavy atom. The second-order valence-electron chi connectivity index (χ2n) is 2.05. The summed E-state index contributed by atoms with van der Waals surface area (Å²) in [6.07, 6.45) is 3.43. The molecule has 1 heteroatoms. The van der Waals surface area contributed by atoms with E-state index >= 15 is 0 Å². The van der Waals surface area contributed by atoms with Crippen LogP contribution in [0.3, 0.4) is 0 Å². The fourth-order valence-corrected chi connectivity index (χ4v) is 0.656. The summed E-state index contributed by atoms with van der Waals surface area (Å²) < 4.78 is 5.09. The minimum absolute atomic E-state index is 0.799. The number of rotatable bonds is 1. The van der Waals surface area contributed by atoms with Gasteiger partial charge in [-0.3, -0.25) is 0 Å². The Bertz CT molecular complexity index is 253. The Labute approximate surface area is 67.0 Å². The lowest BCUT2D eigenvalue weighted by atomic mass is 10.3. The first kappa shape index (κ1) is 7.68. The van der Waals surface area contributed by atoms with Crippen molar-refractivity contribution in [2.45, 2.75) is 13.3 Å². The average molecular weight is 146 g/mol. The molecule has 56 valence electrons. The van der Waals surface area contributed by atoms with Gasteiger partial charge < -0.3 is 4.74 Å². The minimum Gasteiger partial charge on any atom is -0.408 e. The molecule has 0 aromatic heterocycles. The van der Waals surface area contributed by atoms with Gasteiger partial charge in [0.15, 0.2) is 0 Å².